The Morgan fingerprint density at radius 2 is 1.90 bits per heavy atom. The Morgan fingerprint density at radius 1 is 1.30 bits per heavy atom. The number of carbonyl (C=O) groups is 2. The molecule has 1 aromatic carbocycles. The van der Waals surface area contributed by atoms with Crippen LogP contribution < -0.4 is 5.73 Å². The summed E-state index contributed by atoms with van der Waals surface area (Å²) in [6.45, 7) is 0.883. The molecule has 0 saturated carbocycles. The molecule has 0 heterocycles. The van der Waals surface area contributed by atoms with E-state index >= 15 is 0 Å². The smallest absolute Gasteiger partial charge is 0.326 e. The Bertz CT molecular complexity index is 499. The Labute approximate surface area is 114 Å². The number of non-ortho nitro benzene ring substituents is 1. The summed E-state index contributed by atoms with van der Waals surface area (Å²) in [4.78, 5) is 31.9. The molecule has 0 aromatic heterocycles. The molecule has 1 atom stereocenters. The van der Waals surface area contributed by atoms with Crippen molar-refractivity contribution in [2.75, 3.05) is 6.61 Å². The van der Waals surface area contributed by atoms with Crippen LogP contribution in [-0.4, -0.2) is 29.5 Å². The highest BCUT2D eigenvalue weighted by atomic mass is 16.6. The summed E-state index contributed by atoms with van der Waals surface area (Å²) in [7, 11) is 0. The molecular formula is C12H14N2O6. The highest BCUT2D eigenvalue weighted by molar-refractivity contribution is 5.76. The van der Waals surface area contributed by atoms with Gasteiger partial charge in [0.25, 0.3) is 5.69 Å². The summed E-state index contributed by atoms with van der Waals surface area (Å²) in [6, 6.07) is 4.51. The number of hydrogen-bond acceptors (Lipinski definition) is 7. The number of ether oxygens (including phenoxy) is 2. The molecule has 20 heavy (non-hydrogen) atoms. The lowest BCUT2D eigenvalue weighted by Gasteiger charge is -2.11. The van der Waals surface area contributed by atoms with Crippen molar-refractivity contribution in [2.24, 2.45) is 5.73 Å². The van der Waals surface area contributed by atoms with Crippen LogP contribution >= 0.6 is 0 Å². The molecule has 8 heteroatoms. The number of nitrogens with zero attached hydrogens (tertiary/aromatic N) is 1. The van der Waals surface area contributed by atoms with Crippen LogP contribution in [-0.2, 0) is 25.7 Å². The molecule has 0 unspecified atom stereocenters. The first-order chi connectivity index (χ1) is 9.40. The quantitative estimate of drug-likeness (QED) is 0.458. The number of esters is 2. The number of hydrogen-bond donors (Lipinski definition) is 1. The molecule has 0 saturated heterocycles. The molecule has 0 fully saturated rings. The molecule has 2 N–H and O–H groups in total. The topological polar surface area (TPSA) is 122 Å². The second-order valence-electron chi connectivity index (χ2n) is 3.94. The number of rotatable bonds is 6. The van der Waals surface area contributed by atoms with Crippen LogP contribution in [0.3, 0.4) is 0 Å². The van der Waals surface area contributed by atoms with Crippen molar-refractivity contribution in [3.8, 4) is 0 Å². The van der Waals surface area contributed by atoms with Gasteiger partial charge in [0, 0.05) is 19.1 Å². The largest absolute Gasteiger partial charge is 0.464 e. The van der Waals surface area contributed by atoms with Crippen molar-refractivity contribution >= 4 is 17.6 Å². The van der Waals surface area contributed by atoms with Crippen molar-refractivity contribution < 1.29 is 24.0 Å². The maximum absolute atomic E-state index is 11.5. The van der Waals surface area contributed by atoms with E-state index in [0.29, 0.717) is 5.56 Å². The highest BCUT2D eigenvalue weighted by Gasteiger charge is 2.16. The normalized spacial score (nSPS) is 11.5. The van der Waals surface area contributed by atoms with Gasteiger partial charge in [0.1, 0.15) is 19.3 Å². The summed E-state index contributed by atoms with van der Waals surface area (Å²) in [5.41, 5.74) is 5.99. The van der Waals surface area contributed by atoms with E-state index in [1.54, 1.807) is 0 Å². The van der Waals surface area contributed by atoms with E-state index in [9.17, 15) is 19.7 Å². The summed E-state index contributed by atoms with van der Waals surface area (Å²) in [6.07, 6.45) is 0. The van der Waals surface area contributed by atoms with Crippen molar-refractivity contribution in [3.63, 3.8) is 0 Å². The van der Waals surface area contributed by atoms with E-state index in [4.69, 9.17) is 10.5 Å². The second kappa shape index (κ2) is 7.19. The monoisotopic (exact) mass is 282 g/mol. The van der Waals surface area contributed by atoms with Crippen molar-refractivity contribution in [1.82, 2.24) is 0 Å². The zero-order chi connectivity index (χ0) is 15.1. The molecule has 1 aromatic rings. The molecule has 0 spiro atoms. The lowest BCUT2D eigenvalue weighted by Crippen LogP contribution is -2.37. The molecule has 0 aliphatic carbocycles. The first-order valence-electron chi connectivity index (χ1n) is 5.69. The third-order valence-corrected chi connectivity index (χ3v) is 2.30. The number of benzene rings is 1. The van der Waals surface area contributed by atoms with Crippen LogP contribution in [0.25, 0.3) is 0 Å². The van der Waals surface area contributed by atoms with Crippen molar-refractivity contribution in [1.29, 1.82) is 0 Å². The van der Waals surface area contributed by atoms with E-state index in [1.165, 1.54) is 31.2 Å². The lowest BCUT2D eigenvalue weighted by atomic mass is 10.2. The van der Waals surface area contributed by atoms with E-state index in [1.807, 2.05) is 0 Å². The van der Waals surface area contributed by atoms with Gasteiger partial charge in [-0.05, 0) is 17.7 Å². The van der Waals surface area contributed by atoms with Crippen LogP contribution in [0.15, 0.2) is 24.3 Å². The van der Waals surface area contributed by atoms with E-state index in [2.05, 4.69) is 4.74 Å². The van der Waals surface area contributed by atoms with Crippen LogP contribution in [0.5, 0.6) is 0 Å². The molecule has 1 rings (SSSR count). The second-order valence-corrected chi connectivity index (χ2v) is 3.94. The molecule has 0 aliphatic rings. The molecule has 0 aliphatic heterocycles. The third-order valence-electron chi connectivity index (χ3n) is 2.30. The molecule has 0 bridgehead atoms. The minimum atomic E-state index is -1.06. The molecule has 0 amide bonds. The van der Waals surface area contributed by atoms with Crippen LogP contribution in [0, 0.1) is 10.1 Å². The fraction of sp³-hybridized carbons (Fsp3) is 0.333. The van der Waals surface area contributed by atoms with Gasteiger partial charge in [0.2, 0.25) is 0 Å². The Kier molecular flexibility index (Phi) is 5.60. The van der Waals surface area contributed by atoms with Gasteiger partial charge in [-0.2, -0.15) is 0 Å². The highest BCUT2D eigenvalue weighted by Crippen LogP contribution is 2.12. The average molecular weight is 282 g/mol. The molecule has 108 valence electrons. The minimum Gasteiger partial charge on any atom is -0.464 e. The Morgan fingerprint density at radius 3 is 2.40 bits per heavy atom. The minimum absolute atomic E-state index is 0.0494. The predicted octanol–water partition coefficient (Wildman–Crippen LogP) is 0.528. The first-order valence-corrected chi connectivity index (χ1v) is 5.69. The molecular weight excluding hydrogens is 268 g/mol. The Balaban J connectivity index is 2.44. The summed E-state index contributed by atoms with van der Waals surface area (Å²) >= 11 is 0. The number of nitrogens with two attached hydrogens (primary N) is 1. The summed E-state index contributed by atoms with van der Waals surface area (Å²) in [5, 5.41) is 10.5. The predicted molar refractivity (Wildman–Crippen MR) is 67.5 cm³/mol. The molecule has 0 radical (unpaired) electrons. The average Bonchev–Trinajstić information content (AvgIpc) is 2.42. The van der Waals surface area contributed by atoms with Gasteiger partial charge in [0.15, 0.2) is 0 Å². The molecule has 8 nitrogen and oxygen atoms in total. The van der Waals surface area contributed by atoms with Gasteiger partial charge in [-0.1, -0.05) is 0 Å². The maximum Gasteiger partial charge on any atom is 0.326 e. The fourth-order valence-corrected chi connectivity index (χ4v) is 1.25. The van der Waals surface area contributed by atoms with Gasteiger partial charge in [-0.25, -0.2) is 0 Å². The SMILES string of the molecule is CC(=O)OC[C@H](N)C(=O)OCc1ccc([N+](=O)[O-])cc1. The van der Waals surface area contributed by atoms with Crippen molar-refractivity contribution in [3.05, 3.63) is 39.9 Å². The summed E-state index contributed by atoms with van der Waals surface area (Å²) in [5.74, 6) is -1.26. The zero-order valence-corrected chi connectivity index (χ0v) is 10.8. The Hall–Kier alpha value is -2.48. The fourth-order valence-electron chi connectivity index (χ4n) is 1.25. The number of carbonyl (C=O) groups excluding carboxylic acids is 2. The van der Waals surface area contributed by atoms with Crippen molar-refractivity contribution in [2.45, 2.75) is 19.6 Å². The van der Waals surface area contributed by atoms with Gasteiger partial charge >= 0.3 is 11.9 Å². The lowest BCUT2D eigenvalue weighted by molar-refractivity contribution is -0.384. The van der Waals surface area contributed by atoms with Gasteiger partial charge < -0.3 is 15.2 Å². The third kappa shape index (κ3) is 5.02. The zero-order valence-electron chi connectivity index (χ0n) is 10.8. The number of nitro groups is 1. The van der Waals surface area contributed by atoms with Crippen LogP contribution in [0.4, 0.5) is 5.69 Å². The van der Waals surface area contributed by atoms with Crippen LogP contribution in [0.2, 0.25) is 0 Å². The maximum atomic E-state index is 11.5. The first kappa shape index (κ1) is 15.6. The van der Waals surface area contributed by atoms with Gasteiger partial charge in [-0.15, -0.1) is 0 Å². The van der Waals surface area contributed by atoms with Gasteiger partial charge in [-0.3, -0.25) is 19.7 Å². The van der Waals surface area contributed by atoms with E-state index in [-0.39, 0.29) is 18.9 Å². The van der Waals surface area contributed by atoms with E-state index < -0.39 is 22.9 Å². The van der Waals surface area contributed by atoms with Gasteiger partial charge in [0.05, 0.1) is 4.92 Å². The van der Waals surface area contributed by atoms with Crippen LogP contribution in [0.1, 0.15) is 12.5 Å². The van der Waals surface area contributed by atoms with E-state index in [0.717, 1.165) is 0 Å². The standard InChI is InChI=1S/C12H14N2O6/c1-8(15)19-7-11(13)12(16)20-6-9-2-4-10(5-3-9)14(17)18/h2-5,11H,6-7,13H2,1H3/t11-/m0/s1. The number of nitro benzene ring substituents is 1. The summed E-state index contributed by atoms with van der Waals surface area (Å²) < 4.78 is 9.48.